The molecule has 3 aromatic rings. The summed E-state index contributed by atoms with van der Waals surface area (Å²) in [4.78, 5) is 32.3. The third-order valence-corrected chi connectivity index (χ3v) is 7.48. The van der Waals surface area contributed by atoms with Crippen molar-refractivity contribution < 1.29 is 40.4 Å². The van der Waals surface area contributed by atoms with Crippen LogP contribution < -0.4 is 5.32 Å². The summed E-state index contributed by atoms with van der Waals surface area (Å²) < 4.78 is 70.4. The second-order valence-electron chi connectivity index (χ2n) is 9.50. The van der Waals surface area contributed by atoms with E-state index >= 15 is 0 Å². The average Bonchev–Trinajstić information content (AvgIpc) is 3.34. The maximum absolute atomic E-state index is 12.5. The van der Waals surface area contributed by atoms with E-state index in [0.717, 1.165) is 37.2 Å². The summed E-state index contributed by atoms with van der Waals surface area (Å²) in [5, 5.41) is 7.25. The Morgan fingerprint density at radius 3 is 2.55 bits per heavy atom. The van der Waals surface area contributed by atoms with Gasteiger partial charge in [0.2, 0.25) is 5.89 Å². The van der Waals surface area contributed by atoms with Gasteiger partial charge in [0, 0.05) is 37.3 Å². The van der Waals surface area contributed by atoms with Crippen molar-refractivity contribution in [2.24, 2.45) is 0 Å². The van der Waals surface area contributed by atoms with Crippen molar-refractivity contribution >= 4 is 27.6 Å². The predicted molar refractivity (Wildman–Crippen MR) is 135 cm³/mol. The number of sulfone groups is 1. The van der Waals surface area contributed by atoms with Crippen molar-refractivity contribution in [3.05, 3.63) is 64.9 Å². The molecule has 4 rings (SSSR count). The molecule has 0 spiro atoms. The predicted octanol–water partition coefficient (Wildman–Crippen LogP) is 3.75. The highest BCUT2D eigenvalue weighted by Gasteiger charge is 2.42. The highest BCUT2D eigenvalue weighted by atomic mass is 32.2. The van der Waals surface area contributed by atoms with E-state index in [-0.39, 0.29) is 17.2 Å². The molecule has 0 aliphatic carbocycles. The first-order valence-electron chi connectivity index (χ1n) is 12.5. The van der Waals surface area contributed by atoms with Crippen LogP contribution in [0.3, 0.4) is 0 Å². The summed E-state index contributed by atoms with van der Waals surface area (Å²) in [6, 6.07) is 9.55. The molecular weight excluding hydrogens is 553 g/mol. The maximum atomic E-state index is 12.5. The minimum Gasteiger partial charge on any atom is -0.386 e. The fourth-order valence-corrected chi connectivity index (χ4v) is 4.95. The number of benzene rings is 1. The fourth-order valence-electron chi connectivity index (χ4n) is 4.32. The van der Waals surface area contributed by atoms with Crippen LogP contribution >= 0.6 is 0 Å². The molecule has 1 atom stereocenters. The molecule has 0 radical (unpaired) electrons. The molecule has 0 saturated carbocycles. The number of nitrogens with one attached hydrogen (secondary N) is 1. The summed E-state index contributed by atoms with van der Waals surface area (Å²) in [6.45, 7) is 0.897. The molecule has 1 aliphatic heterocycles. The number of ether oxygens (including phenoxy) is 1. The van der Waals surface area contributed by atoms with E-state index in [2.05, 4.69) is 31.2 Å². The number of carbonyl (C=O) groups excluding carboxylic acids is 2. The summed E-state index contributed by atoms with van der Waals surface area (Å²) in [5.74, 6) is -3.40. The number of rotatable bonds is 10. The fraction of sp³-hybridized carbons (Fsp3) is 0.423. The van der Waals surface area contributed by atoms with E-state index < -0.39 is 40.3 Å². The molecule has 3 heterocycles. The number of nitrogens with zero attached hydrogens (tertiary/aromatic N) is 3. The summed E-state index contributed by atoms with van der Waals surface area (Å²) >= 11 is 0. The smallest absolute Gasteiger partial charge is 0.386 e. The van der Waals surface area contributed by atoms with Crippen LogP contribution in [0.4, 0.5) is 19.0 Å². The largest absolute Gasteiger partial charge is 0.491 e. The van der Waals surface area contributed by atoms with Crippen molar-refractivity contribution in [2.45, 2.75) is 61.9 Å². The van der Waals surface area contributed by atoms with Crippen molar-refractivity contribution in [3.8, 4) is 0 Å². The summed E-state index contributed by atoms with van der Waals surface area (Å²) in [7, 11) is -3.50. The first kappa shape index (κ1) is 29.2. The number of esters is 2. The Labute approximate surface area is 228 Å². The highest BCUT2D eigenvalue weighted by molar-refractivity contribution is 7.90. The highest BCUT2D eigenvalue weighted by Crippen LogP contribution is 2.27. The van der Waals surface area contributed by atoms with Gasteiger partial charge in [-0.25, -0.2) is 18.2 Å². The monoisotopic (exact) mass is 580 g/mol. The van der Waals surface area contributed by atoms with Crippen LogP contribution in [-0.4, -0.2) is 54.5 Å². The summed E-state index contributed by atoms with van der Waals surface area (Å²) in [5.41, 5.74) is 2.54. The molecule has 0 amide bonds. The lowest BCUT2D eigenvalue weighted by Gasteiger charge is -2.17. The second kappa shape index (κ2) is 12.1. The van der Waals surface area contributed by atoms with Crippen LogP contribution in [0.15, 0.2) is 45.8 Å². The molecule has 2 aromatic heterocycles. The van der Waals surface area contributed by atoms with Crippen LogP contribution in [0.25, 0.3) is 0 Å². The molecule has 214 valence electrons. The first-order chi connectivity index (χ1) is 18.9. The van der Waals surface area contributed by atoms with Crippen LogP contribution in [-0.2, 0) is 49.8 Å². The number of pyridine rings is 1. The zero-order valence-electron chi connectivity index (χ0n) is 21.5. The number of aromatic nitrogens is 3. The second-order valence-corrected chi connectivity index (χ2v) is 11.5. The van der Waals surface area contributed by atoms with E-state index in [9.17, 15) is 31.2 Å². The van der Waals surface area contributed by atoms with Crippen molar-refractivity contribution in [2.75, 3.05) is 18.1 Å². The molecule has 1 N–H and O–H groups in total. The van der Waals surface area contributed by atoms with E-state index in [0.29, 0.717) is 30.7 Å². The van der Waals surface area contributed by atoms with Crippen LogP contribution in [0, 0.1) is 0 Å². The van der Waals surface area contributed by atoms with Gasteiger partial charge in [-0.2, -0.15) is 18.2 Å². The van der Waals surface area contributed by atoms with Gasteiger partial charge in [0.1, 0.15) is 5.82 Å². The number of anilines is 1. The zero-order chi connectivity index (χ0) is 28.9. The zero-order valence-corrected chi connectivity index (χ0v) is 22.3. The third kappa shape index (κ3) is 7.87. The SMILES string of the molecule is CS(=O)(=O)c1ccc(C(CC(=O)OC(=O)C(F)(F)F)Cc2nc(CCCc3ccc4c(n3)NCCC4)no2)cc1. The molecule has 1 aliphatic rings. The van der Waals surface area contributed by atoms with E-state index in [4.69, 9.17) is 4.52 Å². The Morgan fingerprint density at radius 1 is 1.10 bits per heavy atom. The van der Waals surface area contributed by atoms with Crippen molar-refractivity contribution in [1.82, 2.24) is 15.1 Å². The number of aryl methyl sites for hydroxylation is 3. The molecule has 10 nitrogen and oxygen atoms in total. The van der Waals surface area contributed by atoms with Gasteiger partial charge in [-0.15, -0.1) is 0 Å². The number of alkyl halides is 3. The molecule has 14 heteroatoms. The maximum Gasteiger partial charge on any atom is 0.491 e. The summed E-state index contributed by atoms with van der Waals surface area (Å²) in [6.07, 6.45) is -1.04. The lowest BCUT2D eigenvalue weighted by atomic mass is 9.92. The van der Waals surface area contributed by atoms with Crippen LogP contribution in [0.2, 0.25) is 0 Å². The van der Waals surface area contributed by atoms with Gasteiger partial charge in [0.15, 0.2) is 15.7 Å². The minimum atomic E-state index is -5.32. The topological polar surface area (TPSA) is 141 Å². The third-order valence-electron chi connectivity index (χ3n) is 6.35. The molecule has 0 fully saturated rings. The molecule has 1 unspecified atom stereocenters. The Balaban J connectivity index is 1.41. The van der Waals surface area contributed by atoms with Crippen molar-refractivity contribution in [1.29, 1.82) is 0 Å². The quantitative estimate of drug-likeness (QED) is 0.278. The Kier molecular flexibility index (Phi) is 8.86. The van der Waals surface area contributed by atoms with E-state index in [1.165, 1.54) is 29.8 Å². The molecule has 0 saturated heterocycles. The lowest BCUT2D eigenvalue weighted by Crippen LogP contribution is -2.28. The van der Waals surface area contributed by atoms with Crippen LogP contribution in [0.1, 0.15) is 53.7 Å². The standard InChI is InChI=1S/C26H27F3N4O6S/c1-40(36,37)20-11-8-16(9-12-20)18(15-23(34)38-25(35)26(27,28)29)14-22-32-21(33-39-22)6-2-5-19-10-7-17-4-3-13-30-24(17)31-19/h7-12,18H,2-6,13-15H2,1H3,(H,30,31). The Hall–Kier alpha value is -3.81. The van der Waals surface area contributed by atoms with Crippen LogP contribution in [0.5, 0.6) is 0 Å². The number of hydrogen-bond donors (Lipinski definition) is 1. The van der Waals surface area contributed by atoms with Gasteiger partial charge in [-0.1, -0.05) is 23.4 Å². The Morgan fingerprint density at radius 2 is 1.85 bits per heavy atom. The number of hydrogen-bond acceptors (Lipinski definition) is 10. The average molecular weight is 581 g/mol. The van der Waals surface area contributed by atoms with Gasteiger partial charge in [0.05, 0.1) is 11.3 Å². The normalized spacial score (nSPS) is 14.2. The number of halogens is 3. The van der Waals surface area contributed by atoms with E-state index in [1.54, 1.807) is 0 Å². The lowest BCUT2D eigenvalue weighted by molar-refractivity contribution is -0.202. The van der Waals surface area contributed by atoms with Crippen molar-refractivity contribution in [3.63, 3.8) is 0 Å². The van der Waals surface area contributed by atoms with Gasteiger partial charge < -0.3 is 14.6 Å². The minimum absolute atomic E-state index is 0.0223. The van der Waals surface area contributed by atoms with Gasteiger partial charge in [-0.3, -0.25) is 4.79 Å². The van der Waals surface area contributed by atoms with Gasteiger partial charge in [-0.05, 0) is 55.0 Å². The number of carbonyl (C=O) groups is 2. The number of fused-ring (bicyclic) bond motifs is 1. The molecule has 0 bridgehead atoms. The molecule has 40 heavy (non-hydrogen) atoms. The van der Waals surface area contributed by atoms with Gasteiger partial charge >= 0.3 is 18.1 Å². The molecule has 1 aromatic carbocycles. The van der Waals surface area contributed by atoms with Gasteiger partial charge in [0.25, 0.3) is 0 Å². The first-order valence-corrected chi connectivity index (χ1v) is 14.4. The Bertz CT molecular complexity index is 1470. The molecular formula is C26H27F3N4O6S. The van der Waals surface area contributed by atoms with E-state index in [1.807, 2.05) is 6.07 Å².